The van der Waals surface area contributed by atoms with Crippen LogP contribution >= 0.6 is 23.5 Å². The van der Waals surface area contributed by atoms with Crippen LogP contribution in [0.4, 0.5) is 0 Å². The van der Waals surface area contributed by atoms with Crippen LogP contribution in [0.25, 0.3) is 22.5 Å². The van der Waals surface area contributed by atoms with Gasteiger partial charge in [-0.15, -0.1) is 11.8 Å². The predicted molar refractivity (Wildman–Crippen MR) is 144 cm³/mol. The molecule has 0 radical (unpaired) electrons. The molecule has 1 amide bonds. The van der Waals surface area contributed by atoms with Crippen molar-refractivity contribution in [1.82, 2.24) is 14.9 Å². The van der Waals surface area contributed by atoms with E-state index >= 15 is 0 Å². The Bertz CT molecular complexity index is 1180. The zero-order valence-electron chi connectivity index (χ0n) is 19.3. The van der Waals surface area contributed by atoms with E-state index in [1.165, 1.54) is 5.56 Å². The number of carbonyl (C=O) groups excluding carboxylic acids is 1. The van der Waals surface area contributed by atoms with E-state index in [1.807, 2.05) is 42.5 Å². The van der Waals surface area contributed by atoms with E-state index in [9.17, 15) is 4.79 Å². The highest BCUT2D eigenvalue weighted by Gasteiger charge is 2.19. The highest BCUT2D eigenvalue weighted by atomic mass is 32.2. The van der Waals surface area contributed by atoms with Gasteiger partial charge in [-0.1, -0.05) is 97.5 Å². The quantitative estimate of drug-likeness (QED) is 0.191. The number of carbonyl (C=O) groups is 1. The van der Waals surface area contributed by atoms with Gasteiger partial charge in [0.25, 0.3) is 0 Å². The van der Waals surface area contributed by atoms with Crippen molar-refractivity contribution in [2.75, 3.05) is 18.1 Å². The predicted octanol–water partition coefficient (Wildman–Crippen LogP) is 6.63. The molecular weight excluding hydrogens is 458 g/mol. The molecule has 6 heteroatoms. The molecule has 0 aliphatic rings. The molecule has 0 atom stereocenters. The molecule has 0 saturated heterocycles. The molecule has 4 nitrogen and oxygen atoms in total. The maximum absolute atomic E-state index is 12.3. The summed E-state index contributed by atoms with van der Waals surface area (Å²) in [4.78, 5) is 18.4. The molecular formula is C28H29N3OS2. The number of aromatic nitrogens is 2. The number of thioether (sulfide) groups is 2. The van der Waals surface area contributed by atoms with Crippen LogP contribution in [-0.4, -0.2) is 33.5 Å². The van der Waals surface area contributed by atoms with E-state index in [-0.39, 0.29) is 5.91 Å². The summed E-state index contributed by atoms with van der Waals surface area (Å²) in [6.45, 7) is 3.70. The van der Waals surface area contributed by atoms with Gasteiger partial charge in [0.15, 0.2) is 5.16 Å². The second-order valence-corrected chi connectivity index (χ2v) is 9.89. The van der Waals surface area contributed by atoms with Crippen LogP contribution in [0.3, 0.4) is 0 Å². The van der Waals surface area contributed by atoms with Crippen LogP contribution in [0.15, 0.2) is 101 Å². The van der Waals surface area contributed by atoms with Gasteiger partial charge in [-0.25, -0.2) is 4.98 Å². The summed E-state index contributed by atoms with van der Waals surface area (Å²) >= 11 is 3.26. The fourth-order valence-electron chi connectivity index (χ4n) is 3.71. The van der Waals surface area contributed by atoms with Gasteiger partial charge < -0.3 is 9.88 Å². The third-order valence-corrected chi connectivity index (χ3v) is 7.23. The fourth-order valence-corrected chi connectivity index (χ4v) is 5.34. The van der Waals surface area contributed by atoms with Gasteiger partial charge in [0.2, 0.25) is 5.91 Å². The monoisotopic (exact) mass is 487 g/mol. The second-order valence-electron chi connectivity index (χ2n) is 7.78. The molecule has 4 rings (SSSR count). The van der Waals surface area contributed by atoms with Crippen molar-refractivity contribution < 1.29 is 4.79 Å². The summed E-state index contributed by atoms with van der Waals surface area (Å²) in [5.74, 6) is 1.25. The molecule has 1 N–H and O–H groups in total. The van der Waals surface area contributed by atoms with Crippen molar-refractivity contribution in [3.05, 3.63) is 91.0 Å². The van der Waals surface area contributed by atoms with Crippen molar-refractivity contribution >= 4 is 29.4 Å². The molecule has 1 aromatic heterocycles. The molecule has 0 unspecified atom stereocenters. The largest absolute Gasteiger partial charge is 0.355 e. The molecule has 174 valence electrons. The molecule has 3 aromatic carbocycles. The SMILES string of the molecule is CCCn1c(SCCNC(=O)CSc2ccccc2)nc(-c2ccccc2)c1-c1ccccc1. The standard InChI is InChI=1S/C28H29N3OS2/c1-2-19-31-27(23-14-8-4-9-15-23)26(22-12-6-3-7-13-22)30-28(31)33-20-18-29-25(32)21-34-24-16-10-5-11-17-24/h3-17H,2,18-21H2,1H3,(H,29,32). The Morgan fingerprint density at radius 2 is 1.47 bits per heavy atom. The van der Waals surface area contributed by atoms with Crippen molar-refractivity contribution in [2.45, 2.75) is 29.9 Å². The molecule has 1 heterocycles. The van der Waals surface area contributed by atoms with E-state index in [1.54, 1.807) is 23.5 Å². The minimum atomic E-state index is 0.0568. The van der Waals surface area contributed by atoms with Crippen molar-refractivity contribution in [2.24, 2.45) is 0 Å². The molecule has 0 aliphatic carbocycles. The van der Waals surface area contributed by atoms with Crippen LogP contribution in [0.2, 0.25) is 0 Å². The normalized spacial score (nSPS) is 10.9. The van der Waals surface area contributed by atoms with Gasteiger partial charge in [-0.05, 0) is 18.6 Å². The second kappa shape index (κ2) is 12.5. The molecule has 0 fully saturated rings. The first-order valence-corrected chi connectivity index (χ1v) is 13.5. The van der Waals surface area contributed by atoms with E-state index in [2.05, 4.69) is 65.3 Å². The van der Waals surface area contributed by atoms with Crippen molar-refractivity contribution in [3.8, 4) is 22.5 Å². The number of amides is 1. The Kier molecular flexibility index (Phi) is 8.88. The number of hydrogen-bond acceptors (Lipinski definition) is 4. The van der Waals surface area contributed by atoms with E-state index < -0.39 is 0 Å². The molecule has 0 bridgehead atoms. The van der Waals surface area contributed by atoms with E-state index in [0.29, 0.717) is 12.3 Å². The van der Waals surface area contributed by atoms with Crippen molar-refractivity contribution in [3.63, 3.8) is 0 Å². The highest BCUT2D eigenvalue weighted by molar-refractivity contribution is 8.00. The number of benzene rings is 3. The van der Waals surface area contributed by atoms with Gasteiger partial charge >= 0.3 is 0 Å². The summed E-state index contributed by atoms with van der Waals surface area (Å²) in [6.07, 6.45) is 1.02. The lowest BCUT2D eigenvalue weighted by Crippen LogP contribution is -2.27. The molecule has 0 saturated carbocycles. The summed E-state index contributed by atoms with van der Waals surface area (Å²) in [5.41, 5.74) is 4.44. The first-order chi connectivity index (χ1) is 16.8. The minimum Gasteiger partial charge on any atom is -0.355 e. The summed E-state index contributed by atoms with van der Waals surface area (Å²) < 4.78 is 2.33. The molecule has 34 heavy (non-hydrogen) atoms. The van der Waals surface area contributed by atoms with E-state index in [4.69, 9.17) is 4.98 Å². The minimum absolute atomic E-state index is 0.0568. The van der Waals surface area contributed by atoms with Gasteiger partial charge in [-0.3, -0.25) is 4.79 Å². The molecule has 0 spiro atoms. The number of rotatable bonds is 11. The summed E-state index contributed by atoms with van der Waals surface area (Å²) in [5, 5.41) is 4.03. The number of nitrogens with zero attached hydrogens (tertiary/aromatic N) is 2. The Morgan fingerprint density at radius 1 is 0.853 bits per heavy atom. The van der Waals surface area contributed by atoms with Gasteiger partial charge in [-0.2, -0.15) is 0 Å². The maximum Gasteiger partial charge on any atom is 0.230 e. The van der Waals surface area contributed by atoms with E-state index in [0.717, 1.165) is 45.7 Å². The summed E-state index contributed by atoms with van der Waals surface area (Å²) in [7, 11) is 0. The number of hydrogen-bond donors (Lipinski definition) is 1. The number of nitrogens with one attached hydrogen (secondary N) is 1. The van der Waals surface area contributed by atoms with Gasteiger partial charge in [0.1, 0.15) is 0 Å². The number of imidazole rings is 1. The average Bonchev–Trinajstić information content (AvgIpc) is 3.25. The van der Waals surface area contributed by atoms with Crippen LogP contribution < -0.4 is 5.32 Å². The van der Waals surface area contributed by atoms with Gasteiger partial charge in [0.05, 0.1) is 17.1 Å². The van der Waals surface area contributed by atoms with Crippen LogP contribution in [-0.2, 0) is 11.3 Å². The fraction of sp³-hybridized carbons (Fsp3) is 0.214. The smallest absolute Gasteiger partial charge is 0.230 e. The lowest BCUT2D eigenvalue weighted by atomic mass is 10.0. The Morgan fingerprint density at radius 3 is 2.12 bits per heavy atom. The molecule has 4 aromatic rings. The van der Waals surface area contributed by atoms with Crippen LogP contribution in [0.1, 0.15) is 13.3 Å². The topological polar surface area (TPSA) is 46.9 Å². The zero-order valence-corrected chi connectivity index (χ0v) is 20.9. The Balaban J connectivity index is 1.46. The maximum atomic E-state index is 12.3. The van der Waals surface area contributed by atoms with Gasteiger partial charge in [0, 0.05) is 34.9 Å². The third kappa shape index (κ3) is 6.33. The lowest BCUT2D eigenvalue weighted by molar-refractivity contribution is -0.118. The Labute approximate surface area is 210 Å². The molecule has 0 aliphatic heterocycles. The van der Waals surface area contributed by atoms with Crippen LogP contribution in [0.5, 0.6) is 0 Å². The zero-order chi connectivity index (χ0) is 23.6. The van der Waals surface area contributed by atoms with Crippen molar-refractivity contribution in [1.29, 1.82) is 0 Å². The first-order valence-electron chi connectivity index (χ1n) is 11.5. The average molecular weight is 488 g/mol. The Hall–Kier alpha value is -2.96. The van der Waals surface area contributed by atoms with Crippen LogP contribution in [0, 0.1) is 0 Å². The lowest BCUT2D eigenvalue weighted by Gasteiger charge is -2.12. The summed E-state index contributed by atoms with van der Waals surface area (Å²) in [6, 6.07) is 30.9. The first kappa shape index (κ1) is 24.2. The third-order valence-electron chi connectivity index (χ3n) is 5.24. The highest BCUT2D eigenvalue weighted by Crippen LogP contribution is 2.36.